The Bertz CT molecular complexity index is 1800. The number of hydrogen-bond donors (Lipinski definition) is 1. The molecule has 1 saturated heterocycles. The number of amides is 1. The van der Waals surface area contributed by atoms with Gasteiger partial charge in [-0.3, -0.25) is 9.78 Å². The standard InChI is InChI=1S/C34H38N4O6S/c1-36(2)24-9-5-6-10-27(24)45(41,42)38-19-17-33-30-23-12-13-26(43-4)31(30)44-32(33)25(15-16-34(33,40)28(38)20-23)37(3)29(39)14-11-22-8-7-18-35-21-22/h5-14,18,21,25,28,32,40H,15-17,19-20H2,1-4H3/b14-11+/t25-,28-,32+,33+,34-/m1/s1. The average Bonchev–Trinajstić information content (AvgIpc) is 3.39. The molecule has 1 amide bonds. The highest BCUT2D eigenvalue weighted by Crippen LogP contribution is 2.66. The molecule has 2 fully saturated rings. The first-order valence-electron chi connectivity index (χ1n) is 15.3. The molecule has 4 aliphatic rings. The maximum atomic E-state index is 14.5. The number of pyridine rings is 1. The predicted molar refractivity (Wildman–Crippen MR) is 170 cm³/mol. The van der Waals surface area contributed by atoms with Crippen LogP contribution in [0.15, 0.2) is 71.9 Å². The number of para-hydroxylation sites is 1. The molecule has 236 valence electrons. The van der Waals surface area contributed by atoms with Crippen molar-refractivity contribution in [1.29, 1.82) is 0 Å². The van der Waals surface area contributed by atoms with Crippen LogP contribution >= 0.6 is 0 Å². The Labute approximate surface area is 263 Å². The van der Waals surface area contributed by atoms with Crippen molar-refractivity contribution < 1.29 is 27.8 Å². The lowest BCUT2D eigenvalue weighted by molar-refractivity contribution is -0.186. The fourth-order valence-electron chi connectivity index (χ4n) is 8.41. The van der Waals surface area contributed by atoms with Gasteiger partial charge >= 0.3 is 0 Å². The highest BCUT2D eigenvalue weighted by molar-refractivity contribution is 7.89. The van der Waals surface area contributed by atoms with E-state index in [1.54, 1.807) is 60.6 Å². The number of carbonyl (C=O) groups excluding carboxylic acids is 1. The lowest BCUT2D eigenvalue weighted by Crippen LogP contribution is -2.78. The van der Waals surface area contributed by atoms with Gasteiger partial charge in [-0.25, -0.2) is 8.42 Å². The Morgan fingerprint density at radius 3 is 2.67 bits per heavy atom. The number of anilines is 1. The van der Waals surface area contributed by atoms with Gasteiger partial charge in [0.25, 0.3) is 0 Å². The van der Waals surface area contributed by atoms with Crippen molar-refractivity contribution in [1.82, 2.24) is 14.2 Å². The van der Waals surface area contributed by atoms with Crippen LogP contribution in [-0.4, -0.2) is 92.2 Å². The molecule has 10 nitrogen and oxygen atoms in total. The first-order valence-corrected chi connectivity index (χ1v) is 16.7. The second-order valence-corrected chi connectivity index (χ2v) is 14.5. The summed E-state index contributed by atoms with van der Waals surface area (Å²) < 4.78 is 42.9. The summed E-state index contributed by atoms with van der Waals surface area (Å²) >= 11 is 0. The number of piperidine rings is 1. The third-order valence-electron chi connectivity index (χ3n) is 10.5. The molecule has 1 saturated carbocycles. The minimum Gasteiger partial charge on any atom is -0.493 e. The summed E-state index contributed by atoms with van der Waals surface area (Å²) in [7, 11) is 3.02. The van der Waals surface area contributed by atoms with E-state index in [2.05, 4.69) is 4.98 Å². The van der Waals surface area contributed by atoms with Crippen molar-refractivity contribution in [2.24, 2.45) is 0 Å². The second-order valence-electron chi connectivity index (χ2n) is 12.7. The summed E-state index contributed by atoms with van der Waals surface area (Å²) in [5.41, 5.74) is 0.898. The molecule has 7 rings (SSSR count). The number of hydrogen-bond acceptors (Lipinski definition) is 8. The smallest absolute Gasteiger partial charge is 0.246 e. The Kier molecular flexibility index (Phi) is 6.99. The van der Waals surface area contributed by atoms with Gasteiger partial charge in [0.15, 0.2) is 11.5 Å². The third kappa shape index (κ3) is 4.17. The third-order valence-corrected chi connectivity index (χ3v) is 12.4. The highest BCUT2D eigenvalue weighted by atomic mass is 32.2. The highest BCUT2D eigenvalue weighted by Gasteiger charge is 2.74. The summed E-state index contributed by atoms with van der Waals surface area (Å²) in [5, 5.41) is 13.0. The number of ether oxygens (including phenoxy) is 2. The number of benzene rings is 2. The van der Waals surface area contributed by atoms with Crippen molar-refractivity contribution in [2.45, 2.75) is 59.8 Å². The van der Waals surface area contributed by atoms with Gasteiger partial charge in [-0.05, 0) is 67.2 Å². The zero-order valence-corrected chi connectivity index (χ0v) is 26.7. The molecular formula is C34H38N4O6S. The topological polar surface area (TPSA) is 113 Å². The molecule has 1 spiro atoms. The Balaban J connectivity index is 1.31. The van der Waals surface area contributed by atoms with Crippen LogP contribution in [0.3, 0.4) is 0 Å². The lowest BCUT2D eigenvalue weighted by Gasteiger charge is -2.64. The van der Waals surface area contributed by atoms with Gasteiger partial charge in [-0.1, -0.05) is 24.3 Å². The van der Waals surface area contributed by atoms with Crippen LogP contribution in [0.5, 0.6) is 11.5 Å². The van der Waals surface area contributed by atoms with Crippen LogP contribution < -0.4 is 14.4 Å². The number of sulfonamides is 1. The van der Waals surface area contributed by atoms with E-state index in [1.165, 1.54) is 10.4 Å². The van der Waals surface area contributed by atoms with E-state index < -0.39 is 33.2 Å². The molecule has 2 aliphatic heterocycles. The Morgan fingerprint density at radius 1 is 1.13 bits per heavy atom. The molecule has 1 aromatic heterocycles. The molecule has 3 aromatic rings. The summed E-state index contributed by atoms with van der Waals surface area (Å²) in [5.74, 6) is 0.965. The van der Waals surface area contributed by atoms with Crippen LogP contribution in [0.4, 0.5) is 5.69 Å². The quantitative estimate of drug-likeness (QED) is 0.396. The number of nitrogens with zero attached hydrogens (tertiary/aromatic N) is 4. The molecule has 2 aromatic carbocycles. The summed E-state index contributed by atoms with van der Waals surface area (Å²) in [6.45, 7) is 0.207. The summed E-state index contributed by atoms with van der Waals surface area (Å²) in [6.07, 6.45) is 7.48. The van der Waals surface area contributed by atoms with Crippen molar-refractivity contribution >= 4 is 27.7 Å². The molecule has 1 N–H and O–H groups in total. The van der Waals surface area contributed by atoms with E-state index in [0.717, 1.165) is 16.7 Å². The van der Waals surface area contributed by atoms with Crippen LogP contribution in [0.1, 0.15) is 36.0 Å². The van der Waals surface area contributed by atoms with Gasteiger partial charge in [0.1, 0.15) is 11.0 Å². The molecule has 0 unspecified atom stereocenters. The van der Waals surface area contributed by atoms with E-state index in [4.69, 9.17) is 9.47 Å². The van der Waals surface area contributed by atoms with Gasteiger partial charge in [0, 0.05) is 51.7 Å². The van der Waals surface area contributed by atoms with Crippen LogP contribution in [0.25, 0.3) is 6.08 Å². The zero-order valence-electron chi connectivity index (χ0n) is 25.9. The van der Waals surface area contributed by atoms with E-state index >= 15 is 0 Å². The number of aliphatic hydroxyl groups is 1. The van der Waals surface area contributed by atoms with Gasteiger partial charge in [-0.15, -0.1) is 0 Å². The number of rotatable bonds is 7. The van der Waals surface area contributed by atoms with Crippen LogP contribution in [0, 0.1) is 0 Å². The fourth-order valence-corrected chi connectivity index (χ4v) is 10.3. The van der Waals surface area contributed by atoms with E-state index in [0.29, 0.717) is 42.9 Å². The summed E-state index contributed by atoms with van der Waals surface area (Å²) in [6, 6.07) is 13.4. The minimum absolute atomic E-state index is 0.190. The van der Waals surface area contributed by atoms with Gasteiger partial charge in [0.05, 0.1) is 35.9 Å². The van der Waals surface area contributed by atoms with Crippen LogP contribution in [0.2, 0.25) is 0 Å². The maximum Gasteiger partial charge on any atom is 0.246 e. The summed E-state index contributed by atoms with van der Waals surface area (Å²) in [4.78, 5) is 21.4. The number of methoxy groups -OCH3 is 1. The molecule has 2 aliphatic carbocycles. The first kappa shape index (κ1) is 29.8. The number of likely N-dealkylation sites (N-methyl/N-ethyl adjacent to an activating group) is 1. The number of carbonyl (C=O) groups is 1. The van der Waals surface area contributed by atoms with E-state index in [1.807, 2.05) is 44.4 Å². The largest absolute Gasteiger partial charge is 0.493 e. The molecule has 2 bridgehead atoms. The normalized spacial score (nSPS) is 28.3. The van der Waals surface area contributed by atoms with Crippen molar-refractivity contribution in [3.05, 3.63) is 83.7 Å². The minimum atomic E-state index is -3.99. The average molecular weight is 631 g/mol. The monoisotopic (exact) mass is 630 g/mol. The Morgan fingerprint density at radius 2 is 1.93 bits per heavy atom. The molecule has 45 heavy (non-hydrogen) atoms. The van der Waals surface area contributed by atoms with Gasteiger partial charge in [0.2, 0.25) is 15.9 Å². The fraction of sp³-hybridized carbons (Fsp3) is 0.412. The van der Waals surface area contributed by atoms with Crippen molar-refractivity contribution in [2.75, 3.05) is 39.7 Å². The van der Waals surface area contributed by atoms with E-state index in [9.17, 15) is 18.3 Å². The van der Waals surface area contributed by atoms with Gasteiger partial charge in [-0.2, -0.15) is 4.31 Å². The molecule has 5 atom stereocenters. The second kappa shape index (κ2) is 10.6. The molecular weight excluding hydrogens is 592 g/mol. The van der Waals surface area contributed by atoms with Crippen LogP contribution in [-0.2, 0) is 26.7 Å². The lowest BCUT2D eigenvalue weighted by atomic mass is 9.48. The maximum absolute atomic E-state index is 14.5. The van der Waals surface area contributed by atoms with E-state index in [-0.39, 0.29) is 23.4 Å². The molecule has 11 heteroatoms. The molecule has 0 radical (unpaired) electrons. The Hall–Kier alpha value is -3.93. The number of aromatic nitrogens is 1. The predicted octanol–water partition coefficient (Wildman–Crippen LogP) is 3.24. The van der Waals surface area contributed by atoms with Gasteiger partial charge < -0.3 is 24.4 Å². The van der Waals surface area contributed by atoms with Crippen molar-refractivity contribution in [3.63, 3.8) is 0 Å². The first-order chi connectivity index (χ1) is 21.5. The van der Waals surface area contributed by atoms with Crippen molar-refractivity contribution in [3.8, 4) is 11.5 Å². The SMILES string of the molecule is COc1ccc2c3c1O[C@H]1[C@H](N(C)C(=O)/C=C/c4cccnc4)CC[C@@]4(O)[C@@H](C2)N(S(=O)(=O)c2ccccc2N(C)C)CC[C@]314. The molecule has 3 heterocycles. The zero-order chi connectivity index (χ0) is 31.7.